The summed E-state index contributed by atoms with van der Waals surface area (Å²) >= 11 is 1.02. The molecule has 150 valence electrons. The SMILES string of the molecule is CC(C)(C)NC(=O)[C@H](c1ccncc1)N(C(=O)c1csnn1)c1cccc(F)c1. The second kappa shape index (κ2) is 8.44. The maximum atomic E-state index is 14.0. The summed E-state index contributed by atoms with van der Waals surface area (Å²) in [7, 11) is 0. The minimum absolute atomic E-state index is 0.0712. The van der Waals surface area contributed by atoms with E-state index in [1.54, 1.807) is 18.2 Å². The summed E-state index contributed by atoms with van der Waals surface area (Å²) in [5, 5.41) is 8.22. The van der Waals surface area contributed by atoms with E-state index in [1.807, 2.05) is 20.8 Å². The Morgan fingerprint density at radius 1 is 1.17 bits per heavy atom. The summed E-state index contributed by atoms with van der Waals surface area (Å²) < 4.78 is 17.7. The average Bonchev–Trinajstić information content (AvgIpc) is 3.19. The zero-order valence-electron chi connectivity index (χ0n) is 16.2. The van der Waals surface area contributed by atoms with E-state index in [-0.39, 0.29) is 11.4 Å². The minimum atomic E-state index is -1.06. The van der Waals surface area contributed by atoms with Crippen molar-refractivity contribution in [3.8, 4) is 0 Å². The lowest BCUT2D eigenvalue weighted by Gasteiger charge is -2.33. The van der Waals surface area contributed by atoms with Gasteiger partial charge in [0.25, 0.3) is 5.91 Å². The third kappa shape index (κ3) is 5.00. The molecule has 0 spiro atoms. The van der Waals surface area contributed by atoms with Crippen LogP contribution in [-0.2, 0) is 4.79 Å². The van der Waals surface area contributed by atoms with Crippen LogP contribution in [0, 0.1) is 5.82 Å². The number of nitrogens with one attached hydrogen (secondary N) is 1. The first kappa shape index (κ1) is 20.5. The molecule has 1 atom stereocenters. The topological polar surface area (TPSA) is 88.1 Å². The predicted octanol–water partition coefficient (Wildman–Crippen LogP) is 3.38. The molecule has 2 heterocycles. The van der Waals surface area contributed by atoms with Crippen molar-refractivity contribution in [2.75, 3.05) is 4.90 Å². The van der Waals surface area contributed by atoms with Gasteiger partial charge in [0.1, 0.15) is 11.9 Å². The standard InChI is InChI=1S/C20H20FN5O2S/c1-20(2,3)23-18(27)17(13-7-9-22-10-8-13)26(15-6-4-5-14(21)11-15)19(28)16-12-29-25-24-16/h4-12,17H,1-3H3,(H,23,27)/t17-/m0/s1. The van der Waals surface area contributed by atoms with Gasteiger partial charge in [0.15, 0.2) is 5.69 Å². The normalized spacial score (nSPS) is 12.3. The van der Waals surface area contributed by atoms with Gasteiger partial charge >= 0.3 is 0 Å². The molecule has 2 amide bonds. The molecule has 1 aromatic carbocycles. The van der Waals surface area contributed by atoms with Gasteiger partial charge in [-0.2, -0.15) is 0 Å². The maximum absolute atomic E-state index is 14.0. The molecule has 0 radical (unpaired) electrons. The molecule has 0 saturated heterocycles. The number of halogens is 1. The Hall–Kier alpha value is -3.20. The van der Waals surface area contributed by atoms with Crippen LogP contribution in [0.4, 0.5) is 10.1 Å². The van der Waals surface area contributed by atoms with Gasteiger partial charge in [-0.3, -0.25) is 19.5 Å². The number of carbonyl (C=O) groups excluding carboxylic acids is 2. The molecule has 0 fully saturated rings. The Labute approximate surface area is 171 Å². The Kier molecular flexibility index (Phi) is 5.97. The molecule has 9 heteroatoms. The number of rotatable bonds is 5. The van der Waals surface area contributed by atoms with Gasteiger partial charge in [-0.15, -0.1) is 5.10 Å². The molecule has 0 saturated carbocycles. The lowest BCUT2D eigenvalue weighted by atomic mass is 10.0. The van der Waals surface area contributed by atoms with Crippen LogP contribution in [0.25, 0.3) is 0 Å². The van der Waals surface area contributed by atoms with E-state index in [9.17, 15) is 14.0 Å². The average molecular weight is 413 g/mol. The second-order valence-corrected chi connectivity index (χ2v) is 7.98. The van der Waals surface area contributed by atoms with Gasteiger partial charge in [0.2, 0.25) is 5.91 Å². The Bertz CT molecular complexity index is 990. The van der Waals surface area contributed by atoms with E-state index < -0.39 is 29.2 Å². The first-order valence-corrected chi connectivity index (χ1v) is 9.68. The quantitative estimate of drug-likeness (QED) is 0.693. The monoisotopic (exact) mass is 413 g/mol. The molecule has 0 bridgehead atoms. The van der Waals surface area contributed by atoms with Crippen molar-refractivity contribution in [2.45, 2.75) is 32.4 Å². The van der Waals surface area contributed by atoms with Gasteiger partial charge in [0.05, 0.1) is 0 Å². The van der Waals surface area contributed by atoms with E-state index in [1.165, 1.54) is 40.9 Å². The Morgan fingerprint density at radius 2 is 1.90 bits per heavy atom. The molecule has 3 rings (SSSR count). The minimum Gasteiger partial charge on any atom is -0.349 e. The third-order valence-electron chi connectivity index (χ3n) is 3.91. The summed E-state index contributed by atoms with van der Waals surface area (Å²) in [5.41, 5.74) is 0.291. The molecule has 3 aromatic rings. The van der Waals surface area contributed by atoms with Gasteiger partial charge < -0.3 is 5.32 Å². The van der Waals surface area contributed by atoms with Crippen LogP contribution in [-0.4, -0.2) is 31.9 Å². The molecule has 0 aliphatic heterocycles. The lowest BCUT2D eigenvalue weighted by Crippen LogP contribution is -2.49. The highest BCUT2D eigenvalue weighted by Gasteiger charge is 2.35. The number of aromatic nitrogens is 3. The number of hydrogen-bond donors (Lipinski definition) is 1. The van der Waals surface area contributed by atoms with Crippen molar-refractivity contribution < 1.29 is 14.0 Å². The number of anilines is 1. The van der Waals surface area contributed by atoms with Crippen molar-refractivity contribution in [1.82, 2.24) is 19.9 Å². The van der Waals surface area contributed by atoms with Crippen LogP contribution in [0.2, 0.25) is 0 Å². The fourth-order valence-electron chi connectivity index (χ4n) is 2.79. The van der Waals surface area contributed by atoms with E-state index in [4.69, 9.17) is 0 Å². The van der Waals surface area contributed by atoms with Crippen molar-refractivity contribution >= 4 is 29.0 Å². The molecular weight excluding hydrogens is 393 g/mol. The number of amides is 2. The van der Waals surface area contributed by atoms with Crippen molar-refractivity contribution in [3.05, 3.63) is 71.2 Å². The Morgan fingerprint density at radius 3 is 2.48 bits per heavy atom. The highest BCUT2D eigenvalue weighted by atomic mass is 32.1. The molecule has 1 N–H and O–H groups in total. The van der Waals surface area contributed by atoms with Gasteiger partial charge in [-0.1, -0.05) is 10.6 Å². The highest BCUT2D eigenvalue weighted by Crippen LogP contribution is 2.30. The van der Waals surface area contributed by atoms with Crippen molar-refractivity contribution in [1.29, 1.82) is 0 Å². The van der Waals surface area contributed by atoms with Gasteiger partial charge in [0, 0.05) is 29.0 Å². The van der Waals surface area contributed by atoms with E-state index >= 15 is 0 Å². The highest BCUT2D eigenvalue weighted by molar-refractivity contribution is 7.03. The fraction of sp³-hybridized carbons (Fsp3) is 0.250. The smallest absolute Gasteiger partial charge is 0.280 e. The summed E-state index contributed by atoms with van der Waals surface area (Å²) in [6.45, 7) is 5.52. The number of benzene rings is 1. The molecule has 7 nitrogen and oxygen atoms in total. The third-order valence-corrected chi connectivity index (χ3v) is 4.42. The molecule has 29 heavy (non-hydrogen) atoms. The summed E-state index contributed by atoms with van der Waals surface area (Å²) in [5.74, 6) is -1.50. The van der Waals surface area contributed by atoms with Crippen molar-refractivity contribution in [2.24, 2.45) is 0 Å². The van der Waals surface area contributed by atoms with Crippen LogP contribution in [0.5, 0.6) is 0 Å². The van der Waals surface area contributed by atoms with Crippen molar-refractivity contribution in [3.63, 3.8) is 0 Å². The summed E-state index contributed by atoms with van der Waals surface area (Å²) in [4.78, 5) is 31.8. The second-order valence-electron chi connectivity index (χ2n) is 7.37. The van der Waals surface area contributed by atoms with Crippen LogP contribution >= 0.6 is 11.5 Å². The molecule has 0 aliphatic carbocycles. The summed E-state index contributed by atoms with van der Waals surface area (Å²) in [6.07, 6.45) is 3.07. The van der Waals surface area contributed by atoms with E-state index in [2.05, 4.69) is 19.9 Å². The predicted molar refractivity (Wildman–Crippen MR) is 108 cm³/mol. The number of pyridine rings is 1. The Balaban J connectivity index is 2.16. The van der Waals surface area contributed by atoms with Crippen LogP contribution in [0.15, 0.2) is 54.2 Å². The number of hydrogen-bond acceptors (Lipinski definition) is 6. The van der Waals surface area contributed by atoms with Gasteiger partial charge in [-0.25, -0.2) is 4.39 Å². The zero-order chi connectivity index (χ0) is 21.0. The number of nitrogens with zero attached hydrogens (tertiary/aromatic N) is 4. The first-order chi connectivity index (χ1) is 13.8. The molecular formula is C20H20FN5O2S. The van der Waals surface area contributed by atoms with Gasteiger partial charge in [-0.05, 0) is 68.2 Å². The summed E-state index contributed by atoms with van der Waals surface area (Å²) in [6, 6.07) is 7.75. The van der Waals surface area contributed by atoms with E-state index in [0.29, 0.717) is 5.56 Å². The van der Waals surface area contributed by atoms with Crippen LogP contribution in [0.1, 0.15) is 42.9 Å². The zero-order valence-corrected chi connectivity index (χ0v) is 17.0. The first-order valence-electron chi connectivity index (χ1n) is 8.84. The van der Waals surface area contributed by atoms with Crippen LogP contribution in [0.3, 0.4) is 0 Å². The number of carbonyl (C=O) groups is 2. The van der Waals surface area contributed by atoms with Crippen LogP contribution < -0.4 is 10.2 Å². The molecule has 0 aliphatic rings. The van der Waals surface area contributed by atoms with E-state index in [0.717, 1.165) is 11.5 Å². The molecule has 2 aromatic heterocycles. The maximum Gasteiger partial charge on any atom is 0.280 e. The fourth-order valence-corrected chi connectivity index (χ4v) is 3.22. The molecule has 0 unspecified atom stereocenters. The lowest BCUT2D eigenvalue weighted by molar-refractivity contribution is -0.123. The largest absolute Gasteiger partial charge is 0.349 e.